The molecule has 0 aliphatic carbocycles. The van der Waals surface area contributed by atoms with Crippen molar-refractivity contribution in [1.29, 1.82) is 0 Å². The molecule has 0 aromatic heterocycles. The Morgan fingerprint density at radius 1 is 1.00 bits per heavy atom. The van der Waals surface area contributed by atoms with Crippen molar-refractivity contribution in [3.8, 4) is 11.5 Å². The van der Waals surface area contributed by atoms with E-state index in [1.807, 2.05) is 55.5 Å². The number of carbonyl (C=O) groups excluding carboxylic acids is 1. The number of hydrazone groups is 1. The first-order valence-corrected chi connectivity index (χ1v) is 9.56. The van der Waals surface area contributed by atoms with E-state index in [1.54, 1.807) is 30.5 Å². The lowest BCUT2D eigenvalue weighted by Gasteiger charge is -2.12. The molecule has 0 spiro atoms. The number of benzene rings is 3. The third-order valence-electron chi connectivity index (χ3n) is 3.99. The summed E-state index contributed by atoms with van der Waals surface area (Å²) in [4.78, 5) is 12.1. The highest BCUT2D eigenvalue weighted by molar-refractivity contribution is 6.30. The summed E-state index contributed by atoms with van der Waals surface area (Å²) in [6, 6.07) is 22.0. The minimum Gasteiger partial charge on any atom is -0.490 e. The molecule has 0 aliphatic rings. The Morgan fingerprint density at radius 2 is 1.76 bits per heavy atom. The van der Waals surface area contributed by atoms with E-state index in [0.717, 1.165) is 11.1 Å². The summed E-state index contributed by atoms with van der Waals surface area (Å²) >= 11 is 5.83. The Hall–Kier alpha value is -3.31. The molecule has 6 heteroatoms. The van der Waals surface area contributed by atoms with Crippen molar-refractivity contribution in [3.05, 3.63) is 94.5 Å². The van der Waals surface area contributed by atoms with E-state index in [1.165, 1.54) is 0 Å². The Morgan fingerprint density at radius 3 is 2.48 bits per heavy atom. The smallest absolute Gasteiger partial charge is 0.271 e. The summed E-state index contributed by atoms with van der Waals surface area (Å²) in [7, 11) is 0. The van der Waals surface area contributed by atoms with Crippen molar-refractivity contribution < 1.29 is 14.3 Å². The fourth-order valence-electron chi connectivity index (χ4n) is 2.56. The van der Waals surface area contributed by atoms with Gasteiger partial charge in [-0.05, 0) is 60.5 Å². The second-order valence-electron chi connectivity index (χ2n) is 6.12. The molecule has 148 valence electrons. The molecule has 0 saturated carbocycles. The van der Waals surface area contributed by atoms with Crippen LogP contribution in [0.4, 0.5) is 0 Å². The Labute approximate surface area is 174 Å². The van der Waals surface area contributed by atoms with E-state index in [9.17, 15) is 4.79 Å². The SMILES string of the molecule is CCOc1cc(/C=N\NC(=O)c2ccc(Cl)cc2)ccc1OCc1ccccc1. The quantitative estimate of drug-likeness (QED) is 0.417. The highest BCUT2D eigenvalue weighted by atomic mass is 35.5. The van der Waals surface area contributed by atoms with Gasteiger partial charge < -0.3 is 9.47 Å². The number of hydrogen-bond donors (Lipinski definition) is 1. The Bertz CT molecular complexity index is 973. The number of nitrogens with one attached hydrogen (secondary N) is 1. The Kier molecular flexibility index (Phi) is 7.25. The maximum atomic E-state index is 12.1. The third kappa shape index (κ3) is 6.09. The molecule has 1 N–H and O–H groups in total. The second-order valence-corrected chi connectivity index (χ2v) is 6.56. The first kappa shape index (κ1) is 20.4. The van der Waals surface area contributed by atoms with Crippen LogP contribution >= 0.6 is 11.6 Å². The Balaban J connectivity index is 1.64. The topological polar surface area (TPSA) is 59.9 Å². The van der Waals surface area contributed by atoms with Gasteiger partial charge in [0.05, 0.1) is 12.8 Å². The normalized spacial score (nSPS) is 10.7. The van der Waals surface area contributed by atoms with Gasteiger partial charge in [-0.15, -0.1) is 0 Å². The van der Waals surface area contributed by atoms with Gasteiger partial charge in [0.15, 0.2) is 11.5 Å². The van der Waals surface area contributed by atoms with Crippen molar-refractivity contribution >= 4 is 23.7 Å². The first-order chi connectivity index (χ1) is 14.2. The van der Waals surface area contributed by atoms with Crippen LogP contribution in [0.2, 0.25) is 5.02 Å². The van der Waals surface area contributed by atoms with Gasteiger partial charge in [-0.2, -0.15) is 5.10 Å². The fraction of sp³-hybridized carbons (Fsp3) is 0.130. The zero-order chi connectivity index (χ0) is 20.5. The molecule has 1 amide bonds. The zero-order valence-electron chi connectivity index (χ0n) is 16.0. The summed E-state index contributed by atoms with van der Waals surface area (Å²) < 4.78 is 11.6. The van der Waals surface area contributed by atoms with Gasteiger partial charge >= 0.3 is 0 Å². The van der Waals surface area contributed by atoms with Crippen molar-refractivity contribution in [2.45, 2.75) is 13.5 Å². The molecule has 5 nitrogen and oxygen atoms in total. The predicted octanol–water partition coefficient (Wildman–Crippen LogP) is 5.08. The summed E-state index contributed by atoms with van der Waals surface area (Å²) in [5.74, 6) is 0.959. The highest BCUT2D eigenvalue weighted by Gasteiger charge is 2.07. The predicted molar refractivity (Wildman–Crippen MR) is 115 cm³/mol. The minimum atomic E-state index is -0.314. The maximum absolute atomic E-state index is 12.1. The average Bonchev–Trinajstić information content (AvgIpc) is 2.74. The summed E-state index contributed by atoms with van der Waals surface area (Å²) in [5, 5.41) is 4.58. The van der Waals surface area contributed by atoms with Crippen molar-refractivity contribution in [2.24, 2.45) is 5.10 Å². The van der Waals surface area contributed by atoms with Gasteiger partial charge in [0, 0.05) is 10.6 Å². The number of amides is 1. The van der Waals surface area contributed by atoms with Crippen LogP contribution in [0.3, 0.4) is 0 Å². The third-order valence-corrected chi connectivity index (χ3v) is 4.24. The number of carbonyl (C=O) groups is 1. The van der Waals surface area contributed by atoms with Crippen LogP contribution in [0.5, 0.6) is 11.5 Å². The number of hydrogen-bond acceptors (Lipinski definition) is 4. The monoisotopic (exact) mass is 408 g/mol. The van der Waals surface area contributed by atoms with Gasteiger partial charge in [-0.3, -0.25) is 4.79 Å². The van der Waals surface area contributed by atoms with Gasteiger partial charge in [0.1, 0.15) is 6.61 Å². The molecule has 0 fully saturated rings. The van der Waals surface area contributed by atoms with E-state index >= 15 is 0 Å². The second kappa shape index (κ2) is 10.3. The molecule has 3 aromatic rings. The van der Waals surface area contributed by atoms with Crippen molar-refractivity contribution in [1.82, 2.24) is 5.43 Å². The van der Waals surface area contributed by atoms with Crippen LogP contribution < -0.4 is 14.9 Å². The lowest BCUT2D eigenvalue weighted by atomic mass is 10.2. The van der Waals surface area contributed by atoms with E-state index in [4.69, 9.17) is 21.1 Å². The molecular weight excluding hydrogens is 388 g/mol. The molecule has 0 saturated heterocycles. The average molecular weight is 409 g/mol. The molecule has 0 radical (unpaired) electrons. The van der Waals surface area contributed by atoms with Crippen LogP contribution in [-0.2, 0) is 6.61 Å². The zero-order valence-corrected chi connectivity index (χ0v) is 16.7. The van der Waals surface area contributed by atoms with E-state index in [-0.39, 0.29) is 5.91 Å². The molecule has 3 aromatic carbocycles. The van der Waals surface area contributed by atoms with Crippen molar-refractivity contribution in [3.63, 3.8) is 0 Å². The lowest BCUT2D eigenvalue weighted by Crippen LogP contribution is -2.17. The highest BCUT2D eigenvalue weighted by Crippen LogP contribution is 2.28. The standard InChI is InChI=1S/C23H21ClN2O3/c1-2-28-22-14-18(8-13-21(22)29-16-17-6-4-3-5-7-17)15-25-26-23(27)19-9-11-20(24)12-10-19/h3-15H,2,16H2,1H3,(H,26,27)/b25-15-. The van der Waals surface area contributed by atoms with Crippen LogP contribution in [0.25, 0.3) is 0 Å². The minimum absolute atomic E-state index is 0.314. The number of nitrogens with zero attached hydrogens (tertiary/aromatic N) is 1. The largest absolute Gasteiger partial charge is 0.490 e. The van der Waals surface area contributed by atoms with Crippen LogP contribution in [0, 0.1) is 0 Å². The first-order valence-electron chi connectivity index (χ1n) is 9.18. The van der Waals surface area contributed by atoms with E-state index in [2.05, 4.69) is 10.5 Å². The van der Waals surface area contributed by atoms with Gasteiger partial charge in [-0.25, -0.2) is 5.43 Å². The molecule has 0 atom stereocenters. The van der Waals surface area contributed by atoms with Crippen molar-refractivity contribution in [2.75, 3.05) is 6.61 Å². The van der Waals surface area contributed by atoms with Gasteiger partial charge in [-0.1, -0.05) is 41.9 Å². The van der Waals surface area contributed by atoms with Gasteiger partial charge in [0.25, 0.3) is 5.91 Å². The van der Waals surface area contributed by atoms with Crippen LogP contribution in [0.1, 0.15) is 28.4 Å². The summed E-state index contributed by atoms with van der Waals surface area (Å²) in [6.45, 7) is 2.87. The molecule has 0 unspecified atom stereocenters. The maximum Gasteiger partial charge on any atom is 0.271 e. The van der Waals surface area contributed by atoms with Gasteiger partial charge in [0.2, 0.25) is 0 Å². The van der Waals surface area contributed by atoms with E-state index < -0.39 is 0 Å². The summed E-state index contributed by atoms with van der Waals surface area (Å²) in [6.07, 6.45) is 1.55. The molecule has 0 aliphatic heterocycles. The number of ether oxygens (including phenoxy) is 2. The molecule has 29 heavy (non-hydrogen) atoms. The molecular formula is C23H21ClN2O3. The number of halogens is 1. The van der Waals surface area contributed by atoms with Crippen LogP contribution in [-0.4, -0.2) is 18.7 Å². The van der Waals surface area contributed by atoms with Crippen LogP contribution in [0.15, 0.2) is 77.9 Å². The van der Waals surface area contributed by atoms with E-state index in [0.29, 0.717) is 35.3 Å². The molecule has 3 rings (SSSR count). The fourth-order valence-corrected chi connectivity index (χ4v) is 2.69. The number of rotatable bonds is 8. The molecule has 0 heterocycles. The summed E-state index contributed by atoms with van der Waals surface area (Å²) in [5.41, 5.74) is 4.82. The lowest BCUT2D eigenvalue weighted by molar-refractivity contribution is 0.0955. The molecule has 0 bridgehead atoms.